The van der Waals surface area contributed by atoms with Crippen molar-refractivity contribution in [2.45, 2.75) is 63.6 Å². The van der Waals surface area contributed by atoms with Gasteiger partial charge >= 0.3 is 0 Å². The minimum absolute atomic E-state index is 0.459. The van der Waals surface area contributed by atoms with E-state index < -0.39 is 0 Å². The zero-order valence-corrected chi connectivity index (χ0v) is 13.9. The molecule has 5 nitrogen and oxygen atoms in total. The van der Waals surface area contributed by atoms with E-state index >= 15 is 0 Å². The molecule has 5 heteroatoms. The predicted molar refractivity (Wildman–Crippen MR) is 88.6 cm³/mol. The fourth-order valence-corrected chi connectivity index (χ4v) is 4.62. The molecule has 1 N–H and O–H groups in total. The lowest BCUT2D eigenvalue weighted by molar-refractivity contribution is -0.0581. The van der Waals surface area contributed by atoms with Crippen molar-refractivity contribution in [2.75, 3.05) is 25.0 Å². The van der Waals surface area contributed by atoms with Gasteiger partial charge in [-0.3, -0.25) is 4.90 Å². The van der Waals surface area contributed by atoms with Crippen LogP contribution in [0, 0.1) is 12.8 Å². The fourth-order valence-electron chi connectivity index (χ4n) is 4.62. The van der Waals surface area contributed by atoms with Gasteiger partial charge in [0.05, 0.1) is 12.7 Å². The van der Waals surface area contributed by atoms with E-state index in [-0.39, 0.29) is 0 Å². The van der Waals surface area contributed by atoms with Gasteiger partial charge in [-0.25, -0.2) is 9.97 Å². The van der Waals surface area contributed by atoms with Crippen LogP contribution >= 0.6 is 0 Å². The fraction of sp³-hybridized carbons (Fsp3) is 0.778. The number of nitrogens with one attached hydrogen (secondary N) is 1. The van der Waals surface area contributed by atoms with Crippen molar-refractivity contribution in [3.8, 4) is 0 Å². The van der Waals surface area contributed by atoms with Crippen molar-refractivity contribution in [2.24, 2.45) is 5.92 Å². The summed E-state index contributed by atoms with van der Waals surface area (Å²) in [5.41, 5.74) is 3.83. The lowest BCUT2D eigenvalue weighted by Gasteiger charge is -2.35. The molecule has 0 radical (unpaired) electrons. The van der Waals surface area contributed by atoms with Gasteiger partial charge in [-0.05, 0) is 56.9 Å². The maximum atomic E-state index is 6.09. The molecule has 23 heavy (non-hydrogen) atoms. The van der Waals surface area contributed by atoms with Gasteiger partial charge in [0.15, 0.2) is 0 Å². The molecule has 0 bridgehead atoms. The number of fused-ring (bicyclic) bond motifs is 2. The average molecular weight is 314 g/mol. The number of morpholine rings is 1. The third kappa shape index (κ3) is 2.64. The van der Waals surface area contributed by atoms with Gasteiger partial charge in [0.2, 0.25) is 5.95 Å². The van der Waals surface area contributed by atoms with Gasteiger partial charge in [-0.2, -0.15) is 0 Å². The molecule has 5 rings (SSSR count). The van der Waals surface area contributed by atoms with Crippen LogP contribution in [-0.2, 0) is 17.6 Å². The molecule has 0 aromatic carbocycles. The SMILES string of the molecule is Cc1nc(N[C@H]2C[C@H]3CO[C@H](C4CC4)CN3C2)nc2c1CCC2. The second kappa shape index (κ2) is 5.42. The summed E-state index contributed by atoms with van der Waals surface area (Å²) in [5.74, 6) is 1.68. The molecule has 0 amide bonds. The minimum atomic E-state index is 0.459. The highest BCUT2D eigenvalue weighted by Gasteiger charge is 2.42. The maximum Gasteiger partial charge on any atom is 0.223 e. The molecule has 0 unspecified atom stereocenters. The number of rotatable bonds is 3. The highest BCUT2D eigenvalue weighted by atomic mass is 16.5. The lowest BCUT2D eigenvalue weighted by atomic mass is 10.1. The first kappa shape index (κ1) is 14.2. The van der Waals surface area contributed by atoms with Gasteiger partial charge < -0.3 is 10.1 Å². The molecule has 3 fully saturated rings. The summed E-state index contributed by atoms with van der Waals surface area (Å²) in [7, 11) is 0. The predicted octanol–water partition coefficient (Wildman–Crippen LogP) is 1.94. The quantitative estimate of drug-likeness (QED) is 0.924. The van der Waals surface area contributed by atoms with Gasteiger partial charge in [0, 0.05) is 36.6 Å². The summed E-state index contributed by atoms with van der Waals surface area (Å²) in [6.07, 6.45) is 7.87. The summed E-state index contributed by atoms with van der Waals surface area (Å²) in [5, 5.41) is 3.61. The minimum Gasteiger partial charge on any atom is -0.375 e. The van der Waals surface area contributed by atoms with Crippen LogP contribution in [0.5, 0.6) is 0 Å². The molecule has 2 aliphatic carbocycles. The van der Waals surface area contributed by atoms with E-state index in [1.54, 1.807) is 0 Å². The summed E-state index contributed by atoms with van der Waals surface area (Å²) in [6.45, 7) is 5.26. The molecular weight excluding hydrogens is 288 g/mol. The molecule has 1 aromatic rings. The van der Waals surface area contributed by atoms with Crippen molar-refractivity contribution in [3.05, 3.63) is 17.0 Å². The van der Waals surface area contributed by atoms with Crippen molar-refractivity contribution in [3.63, 3.8) is 0 Å². The molecule has 4 aliphatic rings. The number of anilines is 1. The Balaban J connectivity index is 1.26. The van der Waals surface area contributed by atoms with Crippen LogP contribution in [-0.4, -0.2) is 52.8 Å². The van der Waals surface area contributed by atoms with E-state index in [4.69, 9.17) is 14.7 Å². The Morgan fingerprint density at radius 3 is 2.96 bits per heavy atom. The summed E-state index contributed by atoms with van der Waals surface area (Å²) < 4.78 is 6.09. The molecule has 0 spiro atoms. The third-order valence-corrected chi connectivity index (χ3v) is 6.07. The van der Waals surface area contributed by atoms with Crippen LogP contribution in [0.1, 0.15) is 42.6 Å². The molecule has 3 atom stereocenters. The number of ether oxygens (including phenoxy) is 1. The average Bonchev–Trinajstić information content (AvgIpc) is 3.13. The summed E-state index contributed by atoms with van der Waals surface area (Å²) >= 11 is 0. The molecule has 3 heterocycles. The van der Waals surface area contributed by atoms with Crippen LogP contribution in [0.15, 0.2) is 0 Å². The Kier molecular flexibility index (Phi) is 3.34. The Morgan fingerprint density at radius 1 is 1.17 bits per heavy atom. The second-order valence-electron chi connectivity index (χ2n) is 7.81. The topological polar surface area (TPSA) is 50.3 Å². The molecule has 124 valence electrons. The Labute approximate surface area is 137 Å². The van der Waals surface area contributed by atoms with Crippen LogP contribution < -0.4 is 5.32 Å². The first-order valence-electron chi connectivity index (χ1n) is 9.25. The number of hydrogen-bond acceptors (Lipinski definition) is 5. The Bertz CT molecular complexity index is 615. The normalized spacial score (nSPS) is 33.5. The zero-order valence-electron chi connectivity index (χ0n) is 13.9. The first-order chi connectivity index (χ1) is 11.3. The molecule has 1 aromatic heterocycles. The van der Waals surface area contributed by atoms with Crippen LogP contribution in [0.25, 0.3) is 0 Å². The van der Waals surface area contributed by atoms with Crippen LogP contribution in [0.3, 0.4) is 0 Å². The van der Waals surface area contributed by atoms with Gasteiger partial charge in [-0.15, -0.1) is 0 Å². The molecule has 2 saturated heterocycles. The van der Waals surface area contributed by atoms with E-state index in [0.717, 1.165) is 50.8 Å². The Morgan fingerprint density at radius 2 is 2.09 bits per heavy atom. The highest BCUT2D eigenvalue weighted by Crippen LogP contribution is 2.38. The summed E-state index contributed by atoms with van der Waals surface area (Å²) in [4.78, 5) is 12.1. The zero-order chi connectivity index (χ0) is 15.4. The number of nitrogens with zero attached hydrogens (tertiary/aromatic N) is 3. The molecule has 2 aliphatic heterocycles. The molecular formula is C18H26N4O. The van der Waals surface area contributed by atoms with Gasteiger partial charge in [0.1, 0.15) is 0 Å². The van der Waals surface area contributed by atoms with Gasteiger partial charge in [0.25, 0.3) is 0 Å². The number of hydrogen-bond donors (Lipinski definition) is 1. The van der Waals surface area contributed by atoms with E-state index in [1.165, 1.54) is 36.2 Å². The largest absolute Gasteiger partial charge is 0.375 e. The standard InChI is InChI=1S/C18H26N4O/c1-11-15-3-2-4-16(15)21-18(19-11)20-13-7-14-10-23-17(12-5-6-12)9-22(14)8-13/h12-14,17H,2-10H2,1H3,(H,19,20,21)/t13-,14-,17-/m0/s1. The third-order valence-electron chi connectivity index (χ3n) is 6.07. The van der Waals surface area contributed by atoms with E-state index in [9.17, 15) is 0 Å². The number of aromatic nitrogens is 2. The van der Waals surface area contributed by atoms with Crippen molar-refractivity contribution < 1.29 is 4.74 Å². The summed E-state index contributed by atoms with van der Waals surface area (Å²) in [6, 6.07) is 1.04. The van der Waals surface area contributed by atoms with E-state index in [2.05, 4.69) is 17.1 Å². The first-order valence-corrected chi connectivity index (χ1v) is 9.25. The monoisotopic (exact) mass is 314 g/mol. The van der Waals surface area contributed by atoms with E-state index in [0.29, 0.717) is 18.2 Å². The molecule has 1 saturated carbocycles. The smallest absolute Gasteiger partial charge is 0.223 e. The van der Waals surface area contributed by atoms with Crippen LogP contribution in [0.2, 0.25) is 0 Å². The van der Waals surface area contributed by atoms with Gasteiger partial charge in [-0.1, -0.05) is 0 Å². The lowest BCUT2D eigenvalue weighted by Crippen LogP contribution is -2.47. The number of aryl methyl sites for hydroxylation is 2. The Hall–Kier alpha value is -1.20. The van der Waals surface area contributed by atoms with Crippen molar-refractivity contribution >= 4 is 5.95 Å². The maximum absolute atomic E-state index is 6.09. The highest BCUT2D eigenvalue weighted by molar-refractivity contribution is 5.37. The van der Waals surface area contributed by atoms with Crippen molar-refractivity contribution in [1.82, 2.24) is 14.9 Å². The van der Waals surface area contributed by atoms with Crippen LogP contribution in [0.4, 0.5) is 5.95 Å². The second-order valence-corrected chi connectivity index (χ2v) is 7.81. The van der Waals surface area contributed by atoms with E-state index in [1.807, 2.05) is 0 Å². The van der Waals surface area contributed by atoms with Crippen molar-refractivity contribution in [1.29, 1.82) is 0 Å².